The summed E-state index contributed by atoms with van der Waals surface area (Å²) < 4.78 is 3.01. The van der Waals surface area contributed by atoms with Gasteiger partial charge in [0, 0.05) is 13.5 Å². The minimum absolute atomic E-state index is 0.00260. The van der Waals surface area contributed by atoms with Gasteiger partial charge in [-0.25, -0.2) is 4.79 Å². The lowest BCUT2D eigenvalue weighted by Gasteiger charge is -2.29. The molecule has 1 aliphatic rings. The number of benzene rings is 1. The Hall–Kier alpha value is -2.87. The minimum Gasteiger partial charge on any atom is -0.292 e. The summed E-state index contributed by atoms with van der Waals surface area (Å²) in [7, 11) is 1.63. The first-order valence-corrected chi connectivity index (χ1v) is 7.80. The average molecular weight is 321 g/mol. The van der Waals surface area contributed by atoms with Crippen LogP contribution in [0.15, 0.2) is 29.6 Å². The number of nitriles is 1. The molecule has 5 nitrogen and oxygen atoms in total. The molecule has 0 radical (unpaired) electrons. The molecule has 0 amide bonds. The number of hydrogen-bond acceptors (Lipinski definition) is 3. The molecule has 0 N–H and O–H groups in total. The molecule has 122 valence electrons. The van der Waals surface area contributed by atoms with Gasteiger partial charge < -0.3 is 0 Å². The normalized spacial score (nSPS) is 15.7. The molecule has 1 aromatic carbocycles. The van der Waals surface area contributed by atoms with Crippen molar-refractivity contribution in [3.05, 3.63) is 57.8 Å². The molecule has 1 heterocycles. The first kappa shape index (κ1) is 16.0. The summed E-state index contributed by atoms with van der Waals surface area (Å²) in [4.78, 5) is 25.3. The third kappa shape index (κ3) is 2.31. The van der Waals surface area contributed by atoms with Gasteiger partial charge in [0.15, 0.2) is 5.78 Å². The molecule has 1 aromatic heterocycles. The maximum absolute atomic E-state index is 12.7. The third-order valence-corrected chi connectivity index (χ3v) is 4.54. The Labute approximate surface area is 140 Å². The van der Waals surface area contributed by atoms with Gasteiger partial charge in [0.2, 0.25) is 0 Å². The molecule has 0 aliphatic heterocycles. The van der Waals surface area contributed by atoms with Gasteiger partial charge in [0.1, 0.15) is 5.69 Å². The van der Waals surface area contributed by atoms with E-state index in [1.807, 2.05) is 13.8 Å². The number of rotatable bonds is 2. The van der Waals surface area contributed by atoms with Crippen LogP contribution >= 0.6 is 0 Å². The quantitative estimate of drug-likeness (QED) is 0.854. The van der Waals surface area contributed by atoms with Gasteiger partial charge in [-0.3, -0.25) is 13.9 Å². The number of fused-ring (bicyclic) bond motifs is 1. The second kappa shape index (κ2) is 5.34. The molecular formula is C19H19N3O2. The van der Waals surface area contributed by atoms with Crippen molar-refractivity contribution in [2.24, 2.45) is 12.5 Å². The fourth-order valence-corrected chi connectivity index (χ4v) is 3.43. The van der Waals surface area contributed by atoms with Crippen molar-refractivity contribution < 1.29 is 4.79 Å². The fourth-order valence-electron chi connectivity index (χ4n) is 3.43. The standard InChI is InChI=1S/C19H19N3O2/c1-5-12-8-14(7-6-13(12)11-20)22-15-9-19(2,3)10-16(23)17(15)21(4)18(22)24/h5-8H,1,9-10H2,2-4H3. The molecule has 24 heavy (non-hydrogen) atoms. The maximum Gasteiger partial charge on any atom is 0.333 e. The zero-order valence-corrected chi connectivity index (χ0v) is 14.1. The highest BCUT2D eigenvalue weighted by Crippen LogP contribution is 2.35. The zero-order chi connectivity index (χ0) is 17.6. The summed E-state index contributed by atoms with van der Waals surface area (Å²) in [6, 6.07) is 7.28. The van der Waals surface area contributed by atoms with Crippen molar-refractivity contribution in [3.8, 4) is 11.8 Å². The molecule has 1 aliphatic carbocycles. The summed E-state index contributed by atoms with van der Waals surface area (Å²) in [6.07, 6.45) is 2.67. The van der Waals surface area contributed by atoms with Crippen LogP contribution in [0.4, 0.5) is 0 Å². The summed E-state index contributed by atoms with van der Waals surface area (Å²) in [6.45, 7) is 7.79. The molecule has 0 saturated heterocycles. The van der Waals surface area contributed by atoms with Gasteiger partial charge in [-0.1, -0.05) is 26.5 Å². The average Bonchev–Trinajstić information content (AvgIpc) is 2.76. The molecule has 0 fully saturated rings. The number of imidazole rings is 1. The van der Waals surface area contributed by atoms with Crippen LogP contribution in [0.2, 0.25) is 0 Å². The first-order valence-electron chi connectivity index (χ1n) is 7.80. The fraction of sp³-hybridized carbons (Fsp3) is 0.316. The molecule has 0 saturated carbocycles. The van der Waals surface area contributed by atoms with Crippen LogP contribution < -0.4 is 5.69 Å². The van der Waals surface area contributed by atoms with Crippen LogP contribution in [0.25, 0.3) is 11.8 Å². The van der Waals surface area contributed by atoms with Gasteiger partial charge in [-0.05, 0) is 35.6 Å². The number of aromatic nitrogens is 2. The van der Waals surface area contributed by atoms with E-state index in [-0.39, 0.29) is 16.9 Å². The Morgan fingerprint density at radius 1 is 1.29 bits per heavy atom. The lowest BCUT2D eigenvalue weighted by atomic mass is 9.77. The predicted octanol–water partition coefficient (Wildman–Crippen LogP) is 2.85. The van der Waals surface area contributed by atoms with Gasteiger partial charge in [-0.2, -0.15) is 5.26 Å². The molecule has 0 atom stereocenters. The number of hydrogen-bond donors (Lipinski definition) is 0. The highest BCUT2D eigenvalue weighted by atomic mass is 16.2. The zero-order valence-electron chi connectivity index (χ0n) is 14.1. The van der Waals surface area contributed by atoms with Gasteiger partial charge in [0.25, 0.3) is 0 Å². The van der Waals surface area contributed by atoms with E-state index in [4.69, 9.17) is 5.26 Å². The number of ketones is 1. The van der Waals surface area contributed by atoms with E-state index in [1.165, 1.54) is 4.57 Å². The molecular weight excluding hydrogens is 302 g/mol. The van der Waals surface area contributed by atoms with Gasteiger partial charge in [-0.15, -0.1) is 0 Å². The van der Waals surface area contributed by atoms with Crippen molar-refractivity contribution in [1.82, 2.24) is 9.13 Å². The van der Waals surface area contributed by atoms with Crippen LogP contribution in [0.3, 0.4) is 0 Å². The van der Waals surface area contributed by atoms with E-state index >= 15 is 0 Å². The van der Waals surface area contributed by atoms with Crippen LogP contribution in [0, 0.1) is 16.7 Å². The van der Waals surface area contributed by atoms with Crippen molar-refractivity contribution in [3.63, 3.8) is 0 Å². The lowest BCUT2D eigenvalue weighted by Crippen LogP contribution is -2.29. The Morgan fingerprint density at radius 3 is 2.62 bits per heavy atom. The van der Waals surface area contributed by atoms with Crippen molar-refractivity contribution in [2.75, 3.05) is 0 Å². The number of carbonyl (C=O) groups excluding carboxylic acids is 1. The third-order valence-electron chi connectivity index (χ3n) is 4.54. The highest BCUT2D eigenvalue weighted by Gasteiger charge is 2.36. The highest BCUT2D eigenvalue weighted by molar-refractivity contribution is 5.97. The van der Waals surface area contributed by atoms with Crippen LogP contribution in [-0.4, -0.2) is 14.9 Å². The van der Waals surface area contributed by atoms with E-state index in [1.54, 1.807) is 35.9 Å². The first-order chi connectivity index (χ1) is 11.3. The van der Waals surface area contributed by atoms with E-state index in [9.17, 15) is 9.59 Å². The van der Waals surface area contributed by atoms with Crippen molar-refractivity contribution >= 4 is 11.9 Å². The van der Waals surface area contributed by atoms with E-state index < -0.39 is 0 Å². The van der Waals surface area contributed by atoms with Crippen LogP contribution in [0.1, 0.15) is 47.6 Å². The van der Waals surface area contributed by atoms with Crippen molar-refractivity contribution in [1.29, 1.82) is 5.26 Å². The minimum atomic E-state index is -0.245. The Balaban J connectivity index is 2.30. The molecule has 0 bridgehead atoms. The number of nitrogens with zero attached hydrogens (tertiary/aromatic N) is 3. The van der Waals surface area contributed by atoms with Gasteiger partial charge in [0.05, 0.1) is 23.0 Å². The topological polar surface area (TPSA) is 67.8 Å². The number of carbonyl (C=O) groups is 1. The SMILES string of the molecule is C=Cc1cc(-n2c3c(n(C)c2=O)C(=O)CC(C)(C)C3)ccc1C#N. The Morgan fingerprint density at radius 2 is 2.00 bits per heavy atom. The second-order valence-corrected chi connectivity index (χ2v) is 7.00. The molecule has 0 unspecified atom stereocenters. The number of Topliss-reactive ketones (excluding diaryl/α,β-unsaturated/α-hetero) is 1. The summed E-state index contributed by atoms with van der Waals surface area (Å²) in [5.74, 6) is -0.00260. The van der Waals surface area contributed by atoms with Crippen LogP contribution in [-0.2, 0) is 13.5 Å². The summed E-state index contributed by atoms with van der Waals surface area (Å²) in [5.41, 5.74) is 2.62. The second-order valence-electron chi connectivity index (χ2n) is 7.00. The molecule has 3 rings (SSSR count). The molecule has 5 heteroatoms. The Kier molecular flexibility index (Phi) is 3.56. The van der Waals surface area contributed by atoms with E-state index in [0.29, 0.717) is 35.3 Å². The lowest BCUT2D eigenvalue weighted by molar-refractivity contribution is 0.0901. The smallest absolute Gasteiger partial charge is 0.292 e. The monoisotopic (exact) mass is 321 g/mol. The Bertz CT molecular complexity index is 968. The maximum atomic E-state index is 12.7. The van der Waals surface area contributed by atoms with E-state index in [0.717, 1.165) is 5.69 Å². The van der Waals surface area contributed by atoms with Crippen molar-refractivity contribution in [2.45, 2.75) is 26.7 Å². The largest absolute Gasteiger partial charge is 0.333 e. The predicted molar refractivity (Wildman–Crippen MR) is 92.2 cm³/mol. The van der Waals surface area contributed by atoms with E-state index in [2.05, 4.69) is 12.6 Å². The summed E-state index contributed by atoms with van der Waals surface area (Å²) >= 11 is 0. The summed E-state index contributed by atoms with van der Waals surface area (Å²) in [5, 5.41) is 9.15. The van der Waals surface area contributed by atoms with Crippen LogP contribution in [0.5, 0.6) is 0 Å². The van der Waals surface area contributed by atoms with Gasteiger partial charge >= 0.3 is 5.69 Å². The molecule has 2 aromatic rings. The molecule has 0 spiro atoms.